The predicted molar refractivity (Wildman–Crippen MR) is 114 cm³/mol. The van der Waals surface area contributed by atoms with Gasteiger partial charge < -0.3 is 15.7 Å². The third-order valence-corrected chi connectivity index (χ3v) is 5.32. The van der Waals surface area contributed by atoms with Gasteiger partial charge in [-0.25, -0.2) is 19.9 Å². The molecule has 8 nitrogen and oxygen atoms in total. The topological polar surface area (TPSA) is 113 Å². The van der Waals surface area contributed by atoms with Crippen molar-refractivity contribution in [2.24, 2.45) is 0 Å². The summed E-state index contributed by atoms with van der Waals surface area (Å²) in [6, 6.07) is 7.60. The number of aryl methyl sites for hydroxylation is 2. The molecule has 8 heteroatoms. The summed E-state index contributed by atoms with van der Waals surface area (Å²) in [5, 5.41) is 16.7. The second-order valence-electron chi connectivity index (χ2n) is 7.84. The van der Waals surface area contributed by atoms with Gasteiger partial charge in [0.1, 0.15) is 5.82 Å². The number of rotatable bonds is 5. The summed E-state index contributed by atoms with van der Waals surface area (Å²) in [7, 11) is 0. The zero-order valence-corrected chi connectivity index (χ0v) is 17.2. The Morgan fingerprint density at radius 2 is 1.83 bits per heavy atom. The summed E-state index contributed by atoms with van der Waals surface area (Å²) in [5.41, 5.74) is 2.83. The quantitative estimate of drug-likeness (QED) is 0.597. The van der Waals surface area contributed by atoms with Crippen LogP contribution in [0.2, 0.25) is 0 Å². The number of carbonyl (C=O) groups is 1. The van der Waals surface area contributed by atoms with E-state index in [9.17, 15) is 9.90 Å². The molecule has 1 aliphatic carbocycles. The minimum absolute atomic E-state index is 0.211. The van der Waals surface area contributed by atoms with E-state index in [4.69, 9.17) is 0 Å². The molecule has 2 heterocycles. The highest BCUT2D eigenvalue weighted by Gasteiger charge is 2.20. The molecule has 0 atom stereocenters. The largest absolute Gasteiger partial charge is 0.393 e. The molecule has 1 saturated carbocycles. The van der Waals surface area contributed by atoms with Gasteiger partial charge in [-0.15, -0.1) is 0 Å². The number of aliphatic hydroxyl groups is 1. The second-order valence-corrected chi connectivity index (χ2v) is 7.84. The van der Waals surface area contributed by atoms with Gasteiger partial charge in [0, 0.05) is 29.0 Å². The standard InChI is InChI=1S/C22H26N6O2/c1-13-10-14(2)26-19(25-13)12-23-21(30)18-5-3-4-15-11-24-22(28-20(15)18)27-16-6-8-17(29)9-7-16/h3-5,10-11,16-17,29H,6-9,12H2,1-2H3,(H,23,30)(H,24,27,28)/t16-,17-. The van der Waals surface area contributed by atoms with Crippen molar-refractivity contribution in [3.8, 4) is 0 Å². The number of aliphatic hydroxyl groups excluding tert-OH is 1. The van der Waals surface area contributed by atoms with Crippen molar-refractivity contribution in [2.75, 3.05) is 5.32 Å². The molecule has 3 aromatic rings. The summed E-state index contributed by atoms with van der Waals surface area (Å²) in [6.45, 7) is 4.06. The summed E-state index contributed by atoms with van der Waals surface area (Å²) >= 11 is 0. The fourth-order valence-electron chi connectivity index (χ4n) is 3.84. The van der Waals surface area contributed by atoms with Crippen molar-refractivity contribution in [3.63, 3.8) is 0 Å². The Kier molecular flexibility index (Phi) is 5.85. The normalized spacial score (nSPS) is 18.9. The summed E-state index contributed by atoms with van der Waals surface area (Å²) in [6.07, 6.45) is 4.82. The van der Waals surface area contributed by atoms with Gasteiger partial charge >= 0.3 is 0 Å². The fraction of sp³-hybridized carbons (Fsp3) is 0.409. The zero-order valence-electron chi connectivity index (χ0n) is 17.2. The Balaban J connectivity index is 1.51. The van der Waals surface area contributed by atoms with Gasteiger partial charge in [-0.2, -0.15) is 0 Å². The first-order chi connectivity index (χ1) is 14.5. The molecule has 1 aromatic carbocycles. The van der Waals surface area contributed by atoms with Crippen LogP contribution in [0, 0.1) is 13.8 Å². The Bertz CT molecular complexity index is 1040. The van der Waals surface area contributed by atoms with Crippen molar-refractivity contribution in [2.45, 2.75) is 58.2 Å². The highest BCUT2D eigenvalue weighted by Crippen LogP contribution is 2.23. The molecule has 0 bridgehead atoms. The molecule has 1 aliphatic rings. The molecular weight excluding hydrogens is 380 g/mol. The highest BCUT2D eigenvalue weighted by molar-refractivity contribution is 6.05. The highest BCUT2D eigenvalue weighted by atomic mass is 16.3. The van der Waals surface area contributed by atoms with E-state index < -0.39 is 0 Å². The smallest absolute Gasteiger partial charge is 0.253 e. The van der Waals surface area contributed by atoms with E-state index in [1.54, 1.807) is 12.3 Å². The van der Waals surface area contributed by atoms with Gasteiger partial charge in [0.05, 0.1) is 23.7 Å². The van der Waals surface area contributed by atoms with Crippen molar-refractivity contribution >= 4 is 22.8 Å². The molecule has 156 valence electrons. The van der Waals surface area contributed by atoms with Crippen molar-refractivity contribution in [3.05, 3.63) is 53.2 Å². The van der Waals surface area contributed by atoms with Gasteiger partial charge in [-0.3, -0.25) is 4.79 Å². The van der Waals surface area contributed by atoms with Crippen LogP contribution in [0.25, 0.3) is 10.9 Å². The maximum absolute atomic E-state index is 12.9. The average molecular weight is 406 g/mol. The number of nitrogens with one attached hydrogen (secondary N) is 2. The van der Waals surface area contributed by atoms with Crippen molar-refractivity contribution < 1.29 is 9.90 Å². The molecule has 1 fully saturated rings. The molecule has 0 aliphatic heterocycles. The molecule has 0 spiro atoms. The third kappa shape index (κ3) is 4.71. The minimum atomic E-state index is -0.228. The van der Waals surface area contributed by atoms with Crippen molar-refractivity contribution in [1.82, 2.24) is 25.3 Å². The lowest BCUT2D eigenvalue weighted by Crippen LogP contribution is -2.29. The lowest BCUT2D eigenvalue weighted by atomic mass is 9.93. The van der Waals surface area contributed by atoms with Crippen LogP contribution in [0.15, 0.2) is 30.5 Å². The number of aromatic nitrogens is 4. The van der Waals surface area contributed by atoms with Crippen LogP contribution in [0.5, 0.6) is 0 Å². The van der Waals surface area contributed by atoms with Crippen LogP contribution in [0.1, 0.15) is 53.3 Å². The lowest BCUT2D eigenvalue weighted by Gasteiger charge is -2.26. The number of hydrogen-bond donors (Lipinski definition) is 3. The number of anilines is 1. The Morgan fingerprint density at radius 1 is 1.10 bits per heavy atom. The van der Waals surface area contributed by atoms with Gasteiger partial charge in [-0.05, 0) is 51.7 Å². The molecule has 1 amide bonds. The van der Waals surface area contributed by atoms with Gasteiger partial charge in [0.2, 0.25) is 5.95 Å². The first-order valence-corrected chi connectivity index (χ1v) is 10.3. The Hall–Kier alpha value is -3.13. The minimum Gasteiger partial charge on any atom is -0.393 e. The molecule has 0 unspecified atom stereocenters. The first-order valence-electron chi connectivity index (χ1n) is 10.3. The van der Waals surface area contributed by atoms with Crippen LogP contribution in [-0.4, -0.2) is 43.1 Å². The van der Waals surface area contributed by atoms with E-state index in [1.165, 1.54) is 0 Å². The van der Waals surface area contributed by atoms with E-state index in [-0.39, 0.29) is 24.6 Å². The molecule has 2 aromatic heterocycles. The zero-order chi connectivity index (χ0) is 21.1. The van der Waals surface area contributed by atoms with Crippen LogP contribution in [-0.2, 0) is 6.54 Å². The maximum atomic E-state index is 12.9. The van der Waals surface area contributed by atoms with Gasteiger partial charge in [-0.1, -0.05) is 12.1 Å². The predicted octanol–water partition coefficient (Wildman–Crippen LogP) is 2.68. The number of carbonyl (C=O) groups excluding carboxylic acids is 1. The molecule has 0 saturated heterocycles. The van der Waals surface area contributed by atoms with Crippen molar-refractivity contribution in [1.29, 1.82) is 0 Å². The number of amides is 1. The molecule has 0 radical (unpaired) electrons. The lowest BCUT2D eigenvalue weighted by molar-refractivity contribution is 0.0951. The van der Waals surface area contributed by atoms with Gasteiger partial charge in [0.15, 0.2) is 0 Å². The molecule has 4 rings (SSSR count). The SMILES string of the molecule is Cc1cc(C)nc(CNC(=O)c2cccc3cnc(N[C@H]4CC[C@H](O)CC4)nc23)n1. The van der Waals surface area contributed by atoms with Crippen LogP contribution >= 0.6 is 0 Å². The van der Waals surface area contributed by atoms with Crippen LogP contribution in [0.4, 0.5) is 5.95 Å². The first kappa shape index (κ1) is 20.2. The Labute approximate surface area is 175 Å². The summed E-state index contributed by atoms with van der Waals surface area (Å²) in [4.78, 5) is 30.6. The van der Waals surface area contributed by atoms with E-state index >= 15 is 0 Å². The monoisotopic (exact) mass is 406 g/mol. The fourth-order valence-corrected chi connectivity index (χ4v) is 3.84. The molecular formula is C22H26N6O2. The Morgan fingerprint density at radius 3 is 2.57 bits per heavy atom. The number of para-hydroxylation sites is 1. The summed E-state index contributed by atoms with van der Waals surface area (Å²) < 4.78 is 0. The summed E-state index contributed by atoms with van der Waals surface area (Å²) in [5.74, 6) is 0.855. The van der Waals surface area contributed by atoms with Crippen LogP contribution in [0.3, 0.4) is 0 Å². The number of benzene rings is 1. The average Bonchev–Trinajstić information content (AvgIpc) is 2.72. The maximum Gasteiger partial charge on any atom is 0.253 e. The number of fused-ring (bicyclic) bond motifs is 1. The number of hydrogen-bond acceptors (Lipinski definition) is 7. The molecule has 30 heavy (non-hydrogen) atoms. The molecule has 3 N–H and O–H groups in total. The van der Waals surface area contributed by atoms with E-state index in [2.05, 4.69) is 30.6 Å². The van der Waals surface area contributed by atoms with E-state index in [0.29, 0.717) is 22.9 Å². The van der Waals surface area contributed by atoms with Crippen LogP contribution < -0.4 is 10.6 Å². The van der Waals surface area contributed by atoms with Gasteiger partial charge in [0.25, 0.3) is 5.91 Å². The van der Waals surface area contributed by atoms with E-state index in [1.807, 2.05) is 32.0 Å². The second kappa shape index (κ2) is 8.71. The van der Waals surface area contributed by atoms with E-state index in [0.717, 1.165) is 42.5 Å². The number of nitrogens with zero attached hydrogens (tertiary/aromatic N) is 4. The third-order valence-electron chi connectivity index (χ3n) is 5.32.